The van der Waals surface area contributed by atoms with E-state index in [2.05, 4.69) is 26.2 Å². The van der Waals surface area contributed by atoms with Gasteiger partial charge in [0.1, 0.15) is 11.9 Å². The first kappa shape index (κ1) is 16.4. The number of hydrogen-bond donors (Lipinski definition) is 1. The van der Waals surface area contributed by atoms with E-state index >= 15 is 0 Å². The molecule has 0 radical (unpaired) electrons. The molecule has 2 aliphatic rings. The predicted molar refractivity (Wildman–Crippen MR) is 95.8 cm³/mol. The van der Waals surface area contributed by atoms with Gasteiger partial charge in [0.05, 0.1) is 17.0 Å². The second-order valence-electron chi connectivity index (χ2n) is 6.35. The van der Waals surface area contributed by atoms with Crippen molar-refractivity contribution in [3.63, 3.8) is 0 Å². The molecule has 1 aromatic heterocycles. The Hall–Kier alpha value is -2.04. The highest BCUT2D eigenvalue weighted by atomic mass is 35.5. The molecule has 6 nitrogen and oxygen atoms in total. The van der Waals surface area contributed by atoms with Crippen LogP contribution in [0.1, 0.15) is 49.0 Å². The number of carbonyl (C=O) groups excluding carboxylic acids is 1. The van der Waals surface area contributed by atoms with Gasteiger partial charge in [0.15, 0.2) is 5.16 Å². The Labute approximate surface area is 154 Å². The number of thioether (sulfide) groups is 1. The standard InChI is InChI=1S/C17H16ClN5OS/c18-12-4-3-11(8-19)14(7-12)20-15(24)9-25-17-22-21-16(10-1-2-10)23(17)13-5-6-13/h3-4,7,10,13H,1-2,5-6,9H2,(H,20,24). The van der Waals surface area contributed by atoms with Crippen molar-refractivity contribution in [3.05, 3.63) is 34.6 Å². The second kappa shape index (κ2) is 6.70. The first-order chi connectivity index (χ1) is 12.2. The maximum Gasteiger partial charge on any atom is 0.234 e. The average Bonchev–Trinajstić information content (AvgIpc) is 3.52. The number of anilines is 1. The first-order valence-corrected chi connectivity index (χ1v) is 9.59. The summed E-state index contributed by atoms with van der Waals surface area (Å²) in [6.45, 7) is 0. The van der Waals surface area contributed by atoms with Gasteiger partial charge in [0.2, 0.25) is 5.91 Å². The molecule has 0 bridgehead atoms. The predicted octanol–water partition coefficient (Wildman–Crippen LogP) is 3.75. The fourth-order valence-corrected chi connectivity index (χ4v) is 3.70. The number of nitriles is 1. The number of nitrogens with zero attached hydrogens (tertiary/aromatic N) is 4. The van der Waals surface area contributed by atoms with Gasteiger partial charge in [-0.15, -0.1) is 10.2 Å². The molecule has 8 heteroatoms. The third-order valence-corrected chi connectivity index (χ3v) is 5.43. The lowest BCUT2D eigenvalue weighted by Gasteiger charge is -2.09. The Morgan fingerprint density at radius 2 is 2.16 bits per heavy atom. The molecule has 1 N–H and O–H groups in total. The van der Waals surface area contributed by atoms with Gasteiger partial charge in [0, 0.05) is 17.0 Å². The van der Waals surface area contributed by atoms with Crippen LogP contribution < -0.4 is 5.32 Å². The third-order valence-electron chi connectivity index (χ3n) is 4.25. The molecule has 2 saturated carbocycles. The molecule has 0 unspecified atom stereocenters. The molecule has 1 amide bonds. The number of benzene rings is 1. The van der Waals surface area contributed by atoms with E-state index in [1.165, 1.54) is 24.6 Å². The van der Waals surface area contributed by atoms with Crippen LogP contribution in [0, 0.1) is 11.3 Å². The van der Waals surface area contributed by atoms with Gasteiger partial charge < -0.3 is 9.88 Å². The second-order valence-corrected chi connectivity index (χ2v) is 7.73. The topological polar surface area (TPSA) is 83.6 Å². The maximum atomic E-state index is 12.3. The average molecular weight is 374 g/mol. The molecular weight excluding hydrogens is 358 g/mol. The van der Waals surface area contributed by atoms with E-state index in [1.54, 1.807) is 18.2 Å². The fourth-order valence-electron chi connectivity index (χ4n) is 2.72. The number of amides is 1. The van der Waals surface area contributed by atoms with Crippen LogP contribution in [0.25, 0.3) is 0 Å². The molecule has 1 aromatic carbocycles. The molecule has 2 aromatic rings. The lowest BCUT2D eigenvalue weighted by atomic mass is 10.2. The Balaban J connectivity index is 1.43. The fraction of sp³-hybridized carbons (Fsp3) is 0.412. The van der Waals surface area contributed by atoms with Crippen molar-refractivity contribution in [1.29, 1.82) is 5.26 Å². The summed E-state index contributed by atoms with van der Waals surface area (Å²) in [6.07, 6.45) is 4.68. The molecule has 0 aliphatic heterocycles. The normalized spacial score (nSPS) is 16.5. The molecule has 0 saturated heterocycles. The van der Waals surface area contributed by atoms with Crippen LogP contribution in [0.3, 0.4) is 0 Å². The Morgan fingerprint density at radius 1 is 1.36 bits per heavy atom. The van der Waals surface area contributed by atoms with Crippen LogP contribution in [-0.2, 0) is 4.79 Å². The van der Waals surface area contributed by atoms with Crippen LogP contribution in [0.15, 0.2) is 23.4 Å². The highest BCUT2D eigenvalue weighted by Gasteiger charge is 2.36. The summed E-state index contributed by atoms with van der Waals surface area (Å²) < 4.78 is 2.22. The summed E-state index contributed by atoms with van der Waals surface area (Å²) in [7, 11) is 0. The Bertz CT molecular complexity index is 866. The van der Waals surface area contributed by atoms with Crippen molar-refractivity contribution >= 4 is 35.0 Å². The van der Waals surface area contributed by atoms with Crippen molar-refractivity contribution < 1.29 is 4.79 Å². The highest BCUT2D eigenvalue weighted by Crippen LogP contribution is 2.45. The number of nitrogens with one attached hydrogen (secondary N) is 1. The number of hydrogen-bond acceptors (Lipinski definition) is 5. The Morgan fingerprint density at radius 3 is 2.84 bits per heavy atom. The van der Waals surface area contributed by atoms with Crippen LogP contribution in [0.2, 0.25) is 5.02 Å². The molecule has 128 valence electrons. The zero-order valence-corrected chi connectivity index (χ0v) is 15.0. The number of carbonyl (C=O) groups is 1. The van der Waals surface area contributed by atoms with Gasteiger partial charge in [-0.05, 0) is 43.9 Å². The number of halogens is 1. The van der Waals surface area contributed by atoms with E-state index < -0.39 is 0 Å². The smallest absolute Gasteiger partial charge is 0.234 e. The van der Waals surface area contributed by atoms with Crippen molar-refractivity contribution in [3.8, 4) is 6.07 Å². The molecule has 2 aliphatic carbocycles. The molecule has 1 heterocycles. The SMILES string of the molecule is N#Cc1ccc(Cl)cc1NC(=O)CSc1nnc(C2CC2)n1C1CC1. The zero-order valence-electron chi connectivity index (χ0n) is 13.4. The van der Waals surface area contributed by atoms with E-state index in [9.17, 15) is 4.79 Å². The summed E-state index contributed by atoms with van der Waals surface area (Å²) in [4.78, 5) is 12.3. The van der Waals surface area contributed by atoms with E-state index in [4.69, 9.17) is 16.9 Å². The van der Waals surface area contributed by atoms with E-state index in [0.29, 0.717) is 28.2 Å². The lowest BCUT2D eigenvalue weighted by molar-refractivity contribution is -0.113. The van der Waals surface area contributed by atoms with Gasteiger partial charge in [-0.2, -0.15) is 5.26 Å². The Kier molecular flexibility index (Phi) is 4.40. The quantitative estimate of drug-likeness (QED) is 0.779. The molecule has 4 rings (SSSR count). The van der Waals surface area contributed by atoms with Gasteiger partial charge in [-0.1, -0.05) is 23.4 Å². The van der Waals surface area contributed by atoms with Gasteiger partial charge in [-0.25, -0.2) is 0 Å². The van der Waals surface area contributed by atoms with E-state index in [-0.39, 0.29) is 11.7 Å². The van der Waals surface area contributed by atoms with Crippen LogP contribution >= 0.6 is 23.4 Å². The largest absolute Gasteiger partial charge is 0.324 e. The molecular formula is C17H16ClN5OS. The minimum Gasteiger partial charge on any atom is -0.324 e. The summed E-state index contributed by atoms with van der Waals surface area (Å²) in [5, 5.41) is 21.8. The highest BCUT2D eigenvalue weighted by molar-refractivity contribution is 7.99. The summed E-state index contributed by atoms with van der Waals surface area (Å²) in [5.41, 5.74) is 0.822. The minimum atomic E-state index is -0.193. The zero-order chi connectivity index (χ0) is 17.4. The molecule has 0 atom stereocenters. The van der Waals surface area contributed by atoms with Crippen molar-refractivity contribution in [2.45, 2.75) is 42.8 Å². The lowest BCUT2D eigenvalue weighted by Crippen LogP contribution is -2.15. The van der Waals surface area contributed by atoms with Crippen molar-refractivity contribution in [2.24, 2.45) is 0 Å². The summed E-state index contributed by atoms with van der Waals surface area (Å²) >= 11 is 7.33. The van der Waals surface area contributed by atoms with Gasteiger partial charge in [-0.3, -0.25) is 4.79 Å². The van der Waals surface area contributed by atoms with Gasteiger partial charge in [0.25, 0.3) is 0 Å². The van der Waals surface area contributed by atoms with E-state index in [1.807, 2.05) is 0 Å². The van der Waals surface area contributed by atoms with Crippen LogP contribution in [0.5, 0.6) is 0 Å². The molecule has 25 heavy (non-hydrogen) atoms. The van der Waals surface area contributed by atoms with Crippen LogP contribution in [0.4, 0.5) is 5.69 Å². The monoisotopic (exact) mass is 373 g/mol. The summed E-state index contributed by atoms with van der Waals surface area (Å²) in [5.74, 6) is 1.64. The number of aromatic nitrogens is 3. The first-order valence-electron chi connectivity index (χ1n) is 8.23. The number of rotatable bonds is 6. The van der Waals surface area contributed by atoms with Crippen molar-refractivity contribution in [1.82, 2.24) is 14.8 Å². The van der Waals surface area contributed by atoms with E-state index in [0.717, 1.165) is 23.8 Å². The van der Waals surface area contributed by atoms with Gasteiger partial charge >= 0.3 is 0 Å². The van der Waals surface area contributed by atoms with Crippen LogP contribution in [-0.4, -0.2) is 26.4 Å². The summed E-state index contributed by atoms with van der Waals surface area (Å²) in [6, 6.07) is 7.35. The maximum absolute atomic E-state index is 12.3. The third kappa shape index (κ3) is 3.65. The van der Waals surface area contributed by atoms with Crippen molar-refractivity contribution in [2.75, 3.05) is 11.1 Å². The minimum absolute atomic E-state index is 0.193. The molecule has 0 spiro atoms. The molecule has 2 fully saturated rings.